The van der Waals surface area contributed by atoms with Crippen molar-refractivity contribution in [3.05, 3.63) is 0 Å². The van der Waals surface area contributed by atoms with Crippen LogP contribution in [0.1, 0.15) is 71.6 Å². The smallest absolute Gasteiger partial charge is 0.229 e. The molecule has 2 aliphatic rings. The summed E-state index contributed by atoms with van der Waals surface area (Å²) in [5.41, 5.74) is -0.105. The Bertz CT molecular complexity index is 345. The van der Waals surface area contributed by atoms with Gasteiger partial charge in [-0.25, -0.2) is 0 Å². The molecule has 1 amide bonds. The van der Waals surface area contributed by atoms with Crippen molar-refractivity contribution in [3.63, 3.8) is 0 Å². The minimum absolute atomic E-state index is 0.105. The quantitative estimate of drug-likeness (QED) is 0.782. The second-order valence-corrected chi connectivity index (χ2v) is 6.40. The predicted octanol–water partition coefficient (Wildman–Crippen LogP) is 3.32. The monoisotopic (exact) mass is 265 g/mol. The lowest BCUT2D eigenvalue weighted by Crippen LogP contribution is -2.50. The molecule has 1 aliphatic heterocycles. The van der Waals surface area contributed by atoms with Gasteiger partial charge in [-0.15, -0.1) is 0 Å². The van der Waals surface area contributed by atoms with Crippen LogP contribution in [0.5, 0.6) is 0 Å². The van der Waals surface area contributed by atoms with Crippen LogP contribution < -0.4 is 0 Å². The Balaban J connectivity index is 2.12. The Morgan fingerprint density at radius 3 is 2.42 bits per heavy atom. The molecular formula is C16H27NO2. The van der Waals surface area contributed by atoms with E-state index in [2.05, 4.69) is 11.8 Å². The molecule has 3 nitrogen and oxygen atoms in total. The van der Waals surface area contributed by atoms with E-state index in [4.69, 9.17) is 0 Å². The molecule has 0 radical (unpaired) electrons. The first-order valence-corrected chi connectivity index (χ1v) is 7.89. The van der Waals surface area contributed by atoms with Crippen LogP contribution in [-0.2, 0) is 9.59 Å². The number of likely N-dealkylation sites (tertiary alicyclic amines) is 1. The zero-order valence-electron chi connectivity index (χ0n) is 12.4. The maximum Gasteiger partial charge on any atom is 0.229 e. The number of amides is 1. The van der Waals surface area contributed by atoms with Crippen molar-refractivity contribution in [1.29, 1.82) is 0 Å². The van der Waals surface area contributed by atoms with Crippen LogP contribution in [0.3, 0.4) is 0 Å². The molecule has 1 heterocycles. The topological polar surface area (TPSA) is 37.4 Å². The normalized spacial score (nSPS) is 26.4. The first-order valence-electron chi connectivity index (χ1n) is 7.89. The van der Waals surface area contributed by atoms with Crippen molar-refractivity contribution in [2.45, 2.75) is 77.7 Å². The van der Waals surface area contributed by atoms with Crippen LogP contribution in [-0.4, -0.2) is 29.2 Å². The molecule has 1 aliphatic carbocycles. The van der Waals surface area contributed by atoms with E-state index in [0.29, 0.717) is 12.3 Å². The molecule has 0 bridgehead atoms. The highest BCUT2D eigenvalue weighted by Crippen LogP contribution is 2.43. The van der Waals surface area contributed by atoms with Gasteiger partial charge in [0.2, 0.25) is 5.91 Å². The maximum atomic E-state index is 13.0. The number of rotatable bonds is 4. The minimum atomic E-state index is -0.105. The summed E-state index contributed by atoms with van der Waals surface area (Å²) in [6, 6.07) is 0.169. The van der Waals surface area contributed by atoms with Crippen molar-refractivity contribution < 1.29 is 9.59 Å². The highest BCUT2D eigenvalue weighted by molar-refractivity contribution is 5.84. The second-order valence-electron chi connectivity index (χ2n) is 6.40. The minimum Gasteiger partial charge on any atom is -0.339 e. The third-order valence-corrected chi connectivity index (χ3v) is 5.10. The van der Waals surface area contributed by atoms with Gasteiger partial charge in [0.1, 0.15) is 5.78 Å². The standard InChI is InChI=1S/C16H27NO2/c1-3-16(9-5-6-10-16)15(19)17-11-7-4-8-14(17)12-13(2)18/h14H,3-12H2,1-2H3. The molecule has 19 heavy (non-hydrogen) atoms. The third kappa shape index (κ3) is 3.01. The SMILES string of the molecule is CCC1(C(=O)N2CCCCC2CC(C)=O)CCCC1. The molecule has 108 valence electrons. The first-order chi connectivity index (χ1) is 9.09. The Hall–Kier alpha value is -0.860. The molecule has 0 spiro atoms. The molecule has 3 heteroatoms. The third-order valence-electron chi connectivity index (χ3n) is 5.10. The number of piperidine rings is 1. The Labute approximate surface area is 116 Å². The van der Waals surface area contributed by atoms with Gasteiger partial charge in [0.15, 0.2) is 0 Å². The second kappa shape index (κ2) is 6.06. The van der Waals surface area contributed by atoms with Gasteiger partial charge >= 0.3 is 0 Å². The van der Waals surface area contributed by atoms with Crippen molar-refractivity contribution in [2.75, 3.05) is 6.54 Å². The summed E-state index contributed by atoms with van der Waals surface area (Å²) < 4.78 is 0. The number of carbonyl (C=O) groups excluding carboxylic acids is 2. The predicted molar refractivity (Wildman–Crippen MR) is 75.8 cm³/mol. The molecule has 0 aromatic heterocycles. The van der Waals surface area contributed by atoms with Crippen LogP contribution >= 0.6 is 0 Å². The van der Waals surface area contributed by atoms with E-state index >= 15 is 0 Å². The highest BCUT2D eigenvalue weighted by atomic mass is 16.2. The van der Waals surface area contributed by atoms with Crippen molar-refractivity contribution in [2.24, 2.45) is 5.41 Å². The summed E-state index contributed by atoms with van der Waals surface area (Å²) in [5.74, 6) is 0.556. The van der Waals surface area contributed by atoms with Crippen molar-refractivity contribution in [1.82, 2.24) is 4.90 Å². The Morgan fingerprint density at radius 1 is 1.16 bits per heavy atom. The highest BCUT2D eigenvalue weighted by Gasteiger charge is 2.43. The summed E-state index contributed by atoms with van der Waals surface area (Å²) in [5, 5.41) is 0. The average molecular weight is 265 g/mol. The van der Waals surface area contributed by atoms with E-state index in [0.717, 1.165) is 45.1 Å². The zero-order chi connectivity index (χ0) is 13.9. The van der Waals surface area contributed by atoms with E-state index in [1.165, 1.54) is 12.8 Å². The van der Waals surface area contributed by atoms with Crippen LogP contribution in [0.2, 0.25) is 0 Å². The van der Waals surface area contributed by atoms with Crippen molar-refractivity contribution in [3.8, 4) is 0 Å². The lowest BCUT2D eigenvalue weighted by Gasteiger charge is -2.41. The van der Waals surface area contributed by atoms with Gasteiger partial charge in [0.05, 0.1) is 0 Å². The first kappa shape index (κ1) is 14.5. The Morgan fingerprint density at radius 2 is 1.84 bits per heavy atom. The molecule has 0 N–H and O–H groups in total. The molecule has 1 atom stereocenters. The van der Waals surface area contributed by atoms with Gasteiger partial charge in [-0.2, -0.15) is 0 Å². The number of Topliss-reactive ketones (excluding diaryl/α,β-unsaturated/α-hetero) is 1. The van der Waals surface area contributed by atoms with Gasteiger partial charge in [0.25, 0.3) is 0 Å². The molecule has 1 saturated carbocycles. The van der Waals surface area contributed by atoms with Gasteiger partial charge in [-0.05, 0) is 45.4 Å². The summed E-state index contributed by atoms with van der Waals surface area (Å²) >= 11 is 0. The van der Waals surface area contributed by atoms with Gasteiger partial charge in [0, 0.05) is 24.4 Å². The van der Waals surface area contributed by atoms with E-state index in [-0.39, 0.29) is 17.2 Å². The van der Waals surface area contributed by atoms with E-state index in [1.54, 1.807) is 6.92 Å². The Kier molecular flexibility index (Phi) is 4.64. The van der Waals surface area contributed by atoms with E-state index in [1.807, 2.05) is 0 Å². The van der Waals surface area contributed by atoms with Gasteiger partial charge in [-0.1, -0.05) is 19.8 Å². The van der Waals surface area contributed by atoms with E-state index in [9.17, 15) is 9.59 Å². The summed E-state index contributed by atoms with van der Waals surface area (Å²) in [7, 11) is 0. The summed E-state index contributed by atoms with van der Waals surface area (Å²) in [6.45, 7) is 4.65. The molecule has 2 fully saturated rings. The summed E-state index contributed by atoms with van der Waals surface area (Å²) in [4.78, 5) is 26.4. The largest absolute Gasteiger partial charge is 0.339 e. The van der Waals surface area contributed by atoms with Crippen LogP contribution in [0.25, 0.3) is 0 Å². The number of nitrogens with zero attached hydrogens (tertiary/aromatic N) is 1. The molecular weight excluding hydrogens is 238 g/mol. The van der Waals surface area contributed by atoms with Crippen LogP contribution in [0, 0.1) is 5.41 Å². The molecule has 2 rings (SSSR count). The fourth-order valence-corrected chi connectivity index (χ4v) is 3.89. The lowest BCUT2D eigenvalue weighted by molar-refractivity contribution is -0.146. The number of hydrogen-bond donors (Lipinski definition) is 0. The average Bonchev–Trinajstić information content (AvgIpc) is 2.88. The van der Waals surface area contributed by atoms with E-state index < -0.39 is 0 Å². The van der Waals surface area contributed by atoms with Crippen molar-refractivity contribution >= 4 is 11.7 Å². The molecule has 0 aromatic rings. The fraction of sp³-hybridized carbons (Fsp3) is 0.875. The summed E-state index contributed by atoms with van der Waals surface area (Å²) in [6.07, 6.45) is 9.22. The maximum absolute atomic E-state index is 13.0. The van der Waals surface area contributed by atoms with Gasteiger partial charge in [-0.3, -0.25) is 9.59 Å². The lowest BCUT2D eigenvalue weighted by atomic mass is 9.80. The van der Waals surface area contributed by atoms with Crippen LogP contribution in [0.4, 0.5) is 0 Å². The fourth-order valence-electron chi connectivity index (χ4n) is 3.89. The number of ketones is 1. The van der Waals surface area contributed by atoms with Crippen LogP contribution in [0.15, 0.2) is 0 Å². The molecule has 1 saturated heterocycles. The zero-order valence-corrected chi connectivity index (χ0v) is 12.4. The molecule has 0 aromatic carbocycles. The van der Waals surface area contributed by atoms with Gasteiger partial charge < -0.3 is 4.90 Å². The molecule has 1 unspecified atom stereocenters. The number of carbonyl (C=O) groups is 2. The number of hydrogen-bond acceptors (Lipinski definition) is 2.